The fourth-order valence-corrected chi connectivity index (χ4v) is 6.83. The first-order valence-corrected chi connectivity index (χ1v) is 16.8. The largest absolute Gasteiger partial charge is 0.481 e. The summed E-state index contributed by atoms with van der Waals surface area (Å²) in [6.07, 6.45) is -4.25. The molecule has 1 N–H and O–H groups in total. The van der Waals surface area contributed by atoms with Gasteiger partial charge in [0.15, 0.2) is 0 Å². The van der Waals surface area contributed by atoms with Gasteiger partial charge in [-0.2, -0.15) is 26.3 Å². The summed E-state index contributed by atoms with van der Waals surface area (Å²) in [4.78, 5) is 43.6. The van der Waals surface area contributed by atoms with Crippen molar-refractivity contribution in [2.75, 3.05) is 41.4 Å². The van der Waals surface area contributed by atoms with Crippen LogP contribution in [0.25, 0.3) is 0 Å². The highest BCUT2D eigenvalue weighted by molar-refractivity contribution is 5.95. The number of hydrogen-bond donors (Lipinski definition) is 1. The number of ether oxygens (including phenoxy) is 1. The van der Waals surface area contributed by atoms with Crippen molar-refractivity contribution in [2.45, 2.75) is 83.2 Å². The highest BCUT2D eigenvalue weighted by atomic mass is 19.4. The SMILES string of the molecule is CCCC(=O)N1c2ccc(OC)nc2C(CN(Cc2cc(C(F)(F)F)cc(C(F)(F)F)c2)c2ncc(N3CCC(C(=O)O)CC3)cn2)C[C@H]1CC. The fourth-order valence-electron chi connectivity index (χ4n) is 6.83. The first-order chi connectivity index (χ1) is 24.1. The van der Waals surface area contributed by atoms with Crippen LogP contribution in [0.15, 0.2) is 42.7 Å². The Morgan fingerprint density at radius 2 is 1.61 bits per heavy atom. The highest BCUT2D eigenvalue weighted by Crippen LogP contribution is 2.42. The maximum atomic E-state index is 13.8. The Bertz CT molecular complexity index is 1660. The van der Waals surface area contributed by atoms with Crippen molar-refractivity contribution in [2.24, 2.45) is 5.92 Å². The number of alkyl halides is 6. The first kappa shape index (κ1) is 37.6. The van der Waals surface area contributed by atoms with Gasteiger partial charge in [-0.25, -0.2) is 15.0 Å². The maximum absolute atomic E-state index is 13.8. The van der Waals surface area contributed by atoms with Crippen LogP contribution in [0.3, 0.4) is 0 Å². The Labute approximate surface area is 291 Å². The van der Waals surface area contributed by atoms with Crippen LogP contribution in [-0.4, -0.2) is 64.7 Å². The molecule has 5 rings (SSSR count). The van der Waals surface area contributed by atoms with Crippen LogP contribution in [0.5, 0.6) is 5.88 Å². The van der Waals surface area contributed by atoms with Crippen LogP contribution in [0.2, 0.25) is 0 Å². The zero-order valence-corrected chi connectivity index (χ0v) is 28.5. The van der Waals surface area contributed by atoms with E-state index in [9.17, 15) is 41.0 Å². The summed E-state index contributed by atoms with van der Waals surface area (Å²) in [6, 6.07) is 4.61. The first-order valence-electron chi connectivity index (χ1n) is 16.8. The topological polar surface area (TPSA) is 112 Å². The molecule has 1 saturated heterocycles. The van der Waals surface area contributed by atoms with Gasteiger partial charge in [0.05, 0.1) is 53.6 Å². The normalized spacial score (nSPS) is 18.4. The lowest BCUT2D eigenvalue weighted by Gasteiger charge is -2.41. The summed E-state index contributed by atoms with van der Waals surface area (Å²) in [7, 11) is 1.44. The number of aliphatic carboxylic acids is 1. The number of aromatic nitrogens is 3. The average molecular weight is 723 g/mol. The van der Waals surface area contributed by atoms with Gasteiger partial charge in [0.2, 0.25) is 17.7 Å². The van der Waals surface area contributed by atoms with Crippen molar-refractivity contribution in [1.82, 2.24) is 15.0 Å². The number of methoxy groups -OCH3 is 1. The van der Waals surface area contributed by atoms with Gasteiger partial charge in [-0.15, -0.1) is 0 Å². The van der Waals surface area contributed by atoms with Crippen LogP contribution in [0, 0.1) is 5.92 Å². The fraction of sp³-hybridized carbons (Fsp3) is 0.514. The van der Waals surface area contributed by atoms with Crippen molar-refractivity contribution in [3.8, 4) is 5.88 Å². The number of pyridine rings is 1. The molecule has 51 heavy (non-hydrogen) atoms. The van der Waals surface area contributed by atoms with Gasteiger partial charge in [-0.3, -0.25) is 9.59 Å². The lowest BCUT2D eigenvalue weighted by atomic mass is 9.87. The van der Waals surface area contributed by atoms with Crippen molar-refractivity contribution >= 4 is 29.2 Å². The molecule has 10 nitrogen and oxygen atoms in total. The molecule has 0 aliphatic carbocycles. The molecular weight excluding hydrogens is 682 g/mol. The molecule has 276 valence electrons. The molecule has 0 bridgehead atoms. The van der Waals surface area contributed by atoms with Gasteiger partial charge in [0.25, 0.3) is 0 Å². The van der Waals surface area contributed by atoms with Gasteiger partial charge < -0.3 is 24.5 Å². The van der Waals surface area contributed by atoms with Crippen LogP contribution < -0.4 is 19.4 Å². The number of nitrogens with zero attached hydrogens (tertiary/aromatic N) is 6. The number of carboxylic acid groups (broad SMARTS) is 1. The molecule has 2 aromatic heterocycles. The van der Waals surface area contributed by atoms with Crippen molar-refractivity contribution in [3.63, 3.8) is 0 Å². The lowest BCUT2D eigenvalue weighted by molar-refractivity contribution is -0.144. The molecule has 1 fully saturated rings. The third kappa shape index (κ3) is 8.64. The second-order valence-electron chi connectivity index (χ2n) is 12.9. The maximum Gasteiger partial charge on any atom is 0.416 e. The number of carboxylic acids is 1. The number of amides is 1. The molecule has 0 radical (unpaired) electrons. The number of carbonyl (C=O) groups is 2. The van der Waals surface area contributed by atoms with E-state index in [0.29, 0.717) is 80.8 Å². The van der Waals surface area contributed by atoms with Crippen molar-refractivity contribution < 1.29 is 45.8 Å². The Hall–Kier alpha value is -4.63. The van der Waals surface area contributed by atoms with E-state index in [1.165, 1.54) is 24.4 Å². The van der Waals surface area contributed by atoms with E-state index in [1.54, 1.807) is 17.0 Å². The van der Waals surface area contributed by atoms with Gasteiger partial charge in [-0.05, 0) is 61.9 Å². The number of anilines is 3. The second-order valence-corrected chi connectivity index (χ2v) is 12.9. The van der Waals surface area contributed by atoms with Crippen LogP contribution >= 0.6 is 0 Å². The molecule has 16 heteroatoms. The van der Waals surface area contributed by atoms with E-state index in [4.69, 9.17) is 4.74 Å². The van der Waals surface area contributed by atoms with Crippen LogP contribution in [0.4, 0.5) is 43.7 Å². The molecule has 1 aromatic carbocycles. The number of carbonyl (C=O) groups excluding carboxylic acids is 1. The Morgan fingerprint density at radius 3 is 2.14 bits per heavy atom. The van der Waals surface area contributed by atoms with E-state index < -0.39 is 47.8 Å². The molecule has 3 aromatic rings. The minimum absolute atomic E-state index is 0.0421. The highest BCUT2D eigenvalue weighted by Gasteiger charge is 2.39. The quantitative estimate of drug-likeness (QED) is 0.204. The summed E-state index contributed by atoms with van der Waals surface area (Å²) in [5, 5.41) is 9.36. The number of rotatable bonds is 11. The molecule has 4 heterocycles. The standard InChI is InChI=1S/C35H40F6N6O4/c1-4-6-30(48)47-26(5-2)15-23(31-28(47)7-8-29(44-31)51-3)20-46(19-21-13-24(34(36,37)38)16-25(14-21)35(39,40)41)33-42-17-27(18-43-33)45-11-9-22(10-12-45)32(49)50/h7-8,13-14,16-18,22-23,26H,4-6,9-12,15,19-20H2,1-3H3,(H,49,50)/t23?,26-/m1/s1. The predicted octanol–water partition coefficient (Wildman–Crippen LogP) is 7.32. The van der Waals surface area contributed by atoms with Gasteiger partial charge in [-0.1, -0.05) is 13.8 Å². The van der Waals surface area contributed by atoms with Crippen molar-refractivity contribution in [1.29, 1.82) is 0 Å². The van der Waals surface area contributed by atoms with Gasteiger partial charge >= 0.3 is 18.3 Å². The van der Waals surface area contributed by atoms with E-state index >= 15 is 0 Å². The van der Waals surface area contributed by atoms with Gasteiger partial charge in [0, 0.05) is 50.6 Å². The Morgan fingerprint density at radius 1 is 0.980 bits per heavy atom. The summed E-state index contributed by atoms with van der Waals surface area (Å²) in [5.74, 6) is -1.51. The molecular formula is C35H40F6N6O4. The Balaban J connectivity index is 1.55. The predicted molar refractivity (Wildman–Crippen MR) is 177 cm³/mol. The number of benzene rings is 1. The summed E-state index contributed by atoms with van der Waals surface area (Å²) < 4.78 is 88.4. The van der Waals surface area contributed by atoms with E-state index in [-0.39, 0.29) is 42.0 Å². The monoisotopic (exact) mass is 722 g/mol. The van der Waals surface area contributed by atoms with Crippen LogP contribution in [0.1, 0.15) is 80.7 Å². The molecule has 2 atom stereocenters. The molecule has 2 aliphatic heterocycles. The summed E-state index contributed by atoms with van der Waals surface area (Å²) >= 11 is 0. The molecule has 2 aliphatic rings. The number of fused-ring (bicyclic) bond motifs is 1. The van der Waals surface area contributed by atoms with E-state index in [2.05, 4.69) is 15.0 Å². The smallest absolute Gasteiger partial charge is 0.416 e. The molecule has 1 amide bonds. The van der Waals surface area contributed by atoms with E-state index in [0.717, 1.165) is 0 Å². The van der Waals surface area contributed by atoms with Gasteiger partial charge in [0.1, 0.15) is 0 Å². The Kier molecular flexibility index (Phi) is 11.3. The number of piperidine rings is 1. The average Bonchev–Trinajstić information content (AvgIpc) is 3.10. The zero-order chi connectivity index (χ0) is 37.1. The third-order valence-electron chi connectivity index (χ3n) is 9.44. The van der Waals surface area contributed by atoms with Crippen LogP contribution in [-0.2, 0) is 28.5 Å². The summed E-state index contributed by atoms with van der Waals surface area (Å²) in [5.41, 5.74) is -1.44. The second kappa shape index (κ2) is 15.3. The molecule has 1 unspecified atom stereocenters. The molecule has 0 spiro atoms. The minimum Gasteiger partial charge on any atom is -0.481 e. The number of hydrogen-bond acceptors (Lipinski definition) is 8. The minimum atomic E-state index is -5.03. The summed E-state index contributed by atoms with van der Waals surface area (Å²) in [6.45, 7) is 4.38. The third-order valence-corrected chi connectivity index (χ3v) is 9.44. The van der Waals surface area contributed by atoms with Crippen molar-refractivity contribution in [3.05, 3.63) is 65.1 Å². The van der Waals surface area contributed by atoms with E-state index in [1.807, 2.05) is 18.7 Å². The lowest BCUT2D eigenvalue weighted by Crippen LogP contribution is -2.46. The zero-order valence-electron chi connectivity index (χ0n) is 28.5. The molecule has 0 saturated carbocycles. The number of halogens is 6.